The van der Waals surface area contributed by atoms with Crippen molar-refractivity contribution in [3.05, 3.63) is 71.1 Å². The third-order valence-electron chi connectivity index (χ3n) is 2.91. The zero-order valence-corrected chi connectivity index (χ0v) is 12.2. The number of anilines is 1. The van der Waals surface area contributed by atoms with Crippen LogP contribution in [0, 0.1) is 0 Å². The summed E-state index contributed by atoms with van der Waals surface area (Å²) >= 11 is 6.66. The van der Waals surface area contributed by atoms with Gasteiger partial charge in [-0.2, -0.15) is 0 Å². The van der Waals surface area contributed by atoms with E-state index >= 15 is 0 Å². The summed E-state index contributed by atoms with van der Waals surface area (Å²) in [7, 11) is 0. The van der Waals surface area contributed by atoms with Crippen molar-refractivity contribution in [3.8, 4) is 0 Å². The number of benzene rings is 2. The summed E-state index contributed by atoms with van der Waals surface area (Å²) in [5, 5.41) is 0. The number of amides is 1. The molecule has 0 atom stereocenters. The Morgan fingerprint density at radius 3 is 2.20 bits per heavy atom. The molecular formula is C16H11NOS2. The van der Waals surface area contributed by atoms with Gasteiger partial charge in [-0.05, 0) is 23.8 Å². The molecule has 0 radical (unpaired) electrons. The van der Waals surface area contributed by atoms with Crippen LogP contribution in [0.25, 0.3) is 6.08 Å². The highest BCUT2D eigenvalue weighted by atomic mass is 32.2. The predicted octanol–water partition coefficient (Wildman–Crippen LogP) is 4.09. The Labute approximate surface area is 127 Å². The van der Waals surface area contributed by atoms with Crippen molar-refractivity contribution < 1.29 is 4.79 Å². The van der Waals surface area contributed by atoms with E-state index in [1.807, 2.05) is 66.7 Å². The molecule has 0 unspecified atom stereocenters. The second-order valence-electron chi connectivity index (χ2n) is 4.26. The average Bonchev–Trinajstić information content (AvgIpc) is 2.75. The van der Waals surface area contributed by atoms with E-state index in [0.29, 0.717) is 9.23 Å². The lowest BCUT2D eigenvalue weighted by Gasteiger charge is -2.13. The van der Waals surface area contributed by atoms with Crippen molar-refractivity contribution in [1.29, 1.82) is 0 Å². The van der Waals surface area contributed by atoms with Gasteiger partial charge in [0.15, 0.2) is 4.32 Å². The van der Waals surface area contributed by atoms with Crippen LogP contribution in [0.15, 0.2) is 65.6 Å². The molecule has 1 aliphatic heterocycles. The van der Waals surface area contributed by atoms with Crippen LogP contribution in [0.2, 0.25) is 0 Å². The van der Waals surface area contributed by atoms with Gasteiger partial charge in [0.2, 0.25) is 0 Å². The van der Waals surface area contributed by atoms with Crippen molar-refractivity contribution >= 4 is 46.0 Å². The smallest absolute Gasteiger partial charge is 0.268 e. The minimum Gasteiger partial charge on any atom is -0.268 e. The molecule has 98 valence electrons. The van der Waals surface area contributed by atoms with Crippen molar-refractivity contribution in [2.45, 2.75) is 0 Å². The summed E-state index contributed by atoms with van der Waals surface area (Å²) in [6, 6.07) is 19.3. The van der Waals surface area contributed by atoms with E-state index in [9.17, 15) is 4.79 Å². The van der Waals surface area contributed by atoms with Crippen LogP contribution < -0.4 is 4.90 Å². The standard InChI is InChI=1S/C16H11NOS2/c18-15-14(11-12-7-3-1-4-8-12)20-16(19)17(15)13-9-5-2-6-10-13/h1-11H/b14-11-. The molecule has 0 aromatic heterocycles. The van der Waals surface area contributed by atoms with Crippen LogP contribution in [0.4, 0.5) is 5.69 Å². The maximum absolute atomic E-state index is 12.5. The molecule has 4 heteroatoms. The molecule has 1 aliphatic rings. The minimum absolute atomic E-state index is 0.0601. The van der Waals surface area contributed by atoms with Gasteiger partial charge in [-0.3, -0.25) is 9.69 Å². The highest BCUT2D eigenvalue weighted by Gasteiger charge is 2.32. The lowest BCUT2D eigenvalue weighted by atomic mass is 10.2. The number of carbonyl (C=O) groups is 1. The van der Waals surface area contributed by atoms with E-state index in [2.05, 4.69) is 0 Å². The number of hydrogen-bond donors (Lipinski definition) is 0. The first-order valence-corrected chi connectivity index (χ1v) is 7.36. The molecule has 1 amide bonds. The first kappa shape index (κ1) is 13.1. The first-order chi connectivity index (χ1) is 9.75. The number of carbonyl (C=O) groups excluding carboxylic acids is 1. The van der Waals surface area contributed by atoms with E-state index in [1.54, 1.807) is 4.90 Å². The van der Waals surface area contributed by atoms with E-state index in [0.717, 1.165) is 11.3 Å². The van der Waals surface area contributed by atoms with E-state index in [-0.39, 0.29) is 5.91 Å². The molecule has 1 fully saturated rings. The molecule has 2 aromatic carbocycles. The number of nitrogens with zero attached hydrogens (tertiary/aromatic N) is 1. The Bertz CT molecular complexity index is 680. The van der Waals surface area contributed by atoms with Gasteiger partial charge in [-0.25, -0.2) is 0 Å². The van der Waals surface area contributed by atoms with Crippen molar-refractivity contribution in [3.63, 3.8) is 0 Å². The van der Waals surface area contributed by atoms with E-state index in [1.165, 1.54) is 11.8 Å². The lowest BCUT2D eigenvalue weighted by Crippen LogP contribution is -2.27. The fourth-order valence-corrected chi connectivity index (χ4v) is 3.27. The van der Waals surface area contributed by atoms with Crippen molar-refractivity contribution in [1.82, 2.24) is 0 Å². The Balaban J connectivity index is 1.93. The number of thioether (sulfide) groups is 1. The zero-order valence-electron chi connectivity index (χ0n) is 10.5. The molecule has 0 spiro atoms. The number of para-hydroxylation sites is 1. The average molecular weight is 297 g/mol. The van der Waals surface area contributed by atoms with Crippen molar-refractivity contribution in [2.24, 2.45) is 0 Å². The fourth-order valence-electron chi connectivity index (χ4n) is 1.97. The molecule has 1 saturated heterocycles. The second-order valence-corrected chi connectivity index (χ2v) is 5.94. The number of hydrogen-bond acceptors (Lipinski definition) is 3. The van der Waals surface area contributed by atoms with Gasteiger partial charge in [0, 0.05) is 0 Å². The van der Waals surface area contributed by atoms with Crippen LogP contribution in [0.3, 0.4) is 0 Å². The summed E-state index contributed by atoms with van der Waals surface area (Å²) in [6.07, 6.45) is 1.88. The minimum atomic E-state index is -0.0601. The Morgan fingerprint density at radius 1 is 0.950 bits per heavy atom. The summed E-state index contributed by atoms with van der Waals surface area (Å²) in [5.41, 5.74) is 1.81. The van der Waals surface area contributed by atoms with Gasteiger partial charge in [0.1, 0.15) is 0 Å². The van der Waals surface area contributed by atoms with Crippen LogP contribution in [-0.4, -0.2) is 10.2 Å². The molecular weight excluding hydrogens is 286 g/mol. The summed E-state index contributed by atoms with van der Waals surface area (Å²) < 4.78 is 0.573. The predicted molar refractivity (Wildman–Crippen MR) is 88.5 cm³/mol. The van der Waals surface area contributed by atoms with Gasteiger partial charge >= 0.3 is 0 Å². The highest BCUT2D eigenvalue weighted by molar-refractivity contribution is 8.27. The molecule has 0 aliphatic carbocycles. The Morgan fingerprint density at radius 2 is 1.55 bits per heavy atom. The monoisotopic (exact) mass is 297 g/mol. The molecule has 2 nitrogen and oxygen atoms in total. The molecule has 3 rings (SSSR count). The summed E-state index contributed by atoms with van der Waals surface area (Å²) in [4.78, 5) is 14.7. The van der Waals surface area contributed by atoms with Crippen LogP contribution >= 0.6 is 24.0 Å². The highest BCUT2D eigenvalue weighted by Crippen LogP contribution is 2.35. The van der Waals surface area contributed by atoms with Gasteiger partial charge in [0.05, 0.1) is 10.6 Å². The van der Waals surface area contributed by atoms with Gasteiger partial charge in [-0.15, -0.1) is 0 Å². The molecule has 0 saturated carbocycles. The maximum Gasteiger partial charge on any atom is 0.270 e. The maximum atomic E-state index is 12.5. The molecule has 20 heavy (non-hydrogen) atoms. The van der Waals surface area contributed by atoms with Gasteiger partial charge < -0.3 is 0 Å². The summed E-state index contributed by atoms with van der Waals surface area (Å²) in [5.74, 6) is -0.0601. The van der Waals surface area contributed by atoms with Gasteiger partial charge in [0.25, 0.3) is 5.91 Å². The van der Waals surface area contributed by atoms with Crippen molar-refractivity contribution in [2.75, 3.05) is 4.90 Å². The topological polar surface area (TPSA) is 20.3 Å². The normalized spacial score (nSPS) is 17.0. The van der Waals surface area contributed by atoms with Crippen LogP contribution in [-0.2, 0) is 4.79 Å². The quantitative estimate of drug-likeness (QED) is 0.615. The Hall–Kier alpha value is -1.91. The van der Waals surface area contributed by atoms with E-state index in [4.69, 9.17) is 12.2 Å². The molecule has 0 N–H and O–H groups in total. The fraction of sp³-hybridized carbons (Fsp3) is 0. The lowest BCUT2D eigenvalue weighted by molar-refractivity contribution is -0.113. The van der Waals surface area contributed by atoms with Crippen LogP contribution in [0.5, 0.6) is 0 Å². The largest absolute Gasteiger partial charge is 0.270 e. The molecule has 1 heterocycles. The summed E-state index contributed by atoms with van der Waals surface area (Å²) in [6.45, 7) is 0. The Kier molecular flexibility index (Phi) is 3.67. The third kappa shape index (κ3) is 2.53. The zero-order chi connectivity index (χ0) is 13.9. The van der Waals surface area contributed by atoms with Gasteiger partial charge in [-0.1, -0.05) is 72.5 Å². The van der Waals surface area contributed by atoms with Crippen LogP contribution in [0.1, 0.15) is 5.56 Å². The van der Waals surface area contributed by atoms with E-state index < -0.39 is 0 Å². The third-order valence-corrected chi connectivity index (χ3v) is 4.21. The number of thiocarbonyl (C=S) groups is 1. The SMILES string of the molecule is O=C1/C(=C/c2ccccc2)SC(=S)N1c1ccccc1. The molecule has 0 bridgehead atoms. The molecule has 2 aromatic rings. The second kappa shape index (κ2) is 5.61. The first-order valence-electron chi connectivity index (χ1n) is 6.14. The number of rotatable bonds is 2.